The zero-order chi connectivity index (χ0) is 20.4. The summed E-state index contributed by atoms with van der Waals surface area (Å²) in [7, 11) is 3.61. The molecule has 1 amide bonds. The standard InChI is InChI=1S/C21H28N4O3/c1-4-22-21(25(2)15-16-9-5-8-12-19(16)28-3)24-14-13-23-20(27)17-10-6-7-11-18(17)26/h5-12,26H,4,13-15H2,1-3H3,(H,22,24)(H,23,27). The molecular weight excluding hydrogens is 356 g/mol. The molecule has 0 bridgehead atoms. The Bertz CT molecular complexity index is 808. The normalized spacial score (nSPS) is 11.0. The predicted molar refractivity (Wildman–Crippen MR) is 111 cm³/mol. The summed E-state index contributed by atoms with van der Waals surface area (Å²) in [6.45, 7) is 4.16. The molecule has 0 aromatic heterocycles. The van der Waals surface area contributed by atoms with Crippen molar-refractivity contribution in [3.63, 3.8) is 0 Å². The number of guanidine groups is 1. The van der Waals surface area contributed by atoms with Crippen LogP contribution in [0.2, 0.25) is 0 Å². The number of nitrogens with zero attached hydrogens (tertiary/aromatic N) is 2. The van der Waals surface area contributed by atoms with Crippen LogP contribution in [0, 0.1) is 0 Å². The van der Waals surface area contributed by atoms with Gasteiger partial charge in [0.05, 0.1) is 19.2 Å². The summed E-state index contributed by atoms with van der Waals surface area (Å²) in [6, 6.07) is 14.3. The summed E-state index contributed by atoms with van der Waals surface area (Å²) in [5, 5.41) is 15.8. The number of hydrogen-bond donors (Lipinski definition) is 3. The van der Waals surface area contributed by atoms with E-state index in [9.17, 15) is 9.90 Å². The number of methoxy groups -OCH3 is 1. The number of aliphatic imine (C=N–C) groups is 1. The average Bonchev–Trinajstić information content (AvgIpc) is 2.70. The Hall–Kier alpha value is -3.22. The first-order valence-corrected chi connectivity index (χ1v) is 9.24. The Labute approximate surface area is 166 Å². The number of aromatic hydroxyl groups is 1. The number of amides is 1. The number of carbonyl (C=O) groups excluding carboxylic acids is 1. The van der Waals surface area contributed by atoms with Crippen LogP contribution in [0.25, 0.3) is 0 Å². The number of benzene rings is 2. The van der Waals surface area contributed by atoms with Gasteiger partial charge in [0.15, 0.2) is 5.96 Å². The van der Waals surface area contributed by atoms with Crippen molar-refractivity contribution in [1.82, 2.24) is 15.5 Å². The van der Waals surface area contributed by atoms with E-state index in [4.69, 9.17) is 4.74 Å². The van der Waals surface area contributed by atoms with Crippen molar-refractivity contribution >= 4 is 11.9 Å². The van der Waals surface area contributed by atoms with E-state index in [2.05, 4.69) is 15.6 Å². The summed E-state index contributed by atoms with van der Waals surface area (Å²) >= 11 is 0. The molecule has 0 aliphatic carbocycles. The van der Waals surface area contributed by atoms with Gasteiger partial charge in [0.2, 0.25) is 0 Å². The number of nitrogens with one attached hydrogen (secondary N) is 2. The molecule has 2 aromatic carbocycles. The molecule has 0 fully saturated rings. The summed E-state index contributed by atoms with van der Waals surface area (Å²) in [6.07, 6.45) is 0. The van der Waals surface area contributed by atoms with Gasteiger partial charge in [-0.2, -0.15) is 0 Å². The lowest BCUT2D eigenvalue weighted by Crippen LogP contribution is -2.39. The highest BCUT2D eigenvalue weighted by atomic mass is 16.5. The van der Waals surface area contributed by atoms with Gasteiger partial charge in [0, 0.05) is 32.2 Å². The van der Waals surface area contributed by atoms with Crippen LogP contribution in [0.15, 0.2) is 53.5 Å². The quantitative estimate of drug-likeness (QED) is 0.369. The highest BCUT2D eigenvalue weighted by Crippen LogP contribution is 2.18. The molecule has 2 rings (SSSR count). The smallest absolute Gasteiger partial charge is 0.255 e. The molecule has 7 heteroatoms. The number of hydrogen-bond acceptors (Lipinski definition) is 4. The van der Waals surface area contributed by atoms with E-state index in [1.165, 1.54) is 6.07 Å². The van der Waals surface area contributed by atoms with Gasteiger partial charge in [-0.1, -0.05) is 30.3 Å². The maximum absolute atomic E-state index is 12.1. The largest absolute Gasteiger partial charge is 0.507 e. The lowest BCUT2D eigenvalue weighted by molar-refractivity contribution is 0.0952. The second-order valence-electron chi connectivity index (χ2n) is 6.18. The Kier molecular flexibility index (Phi) is 8.14. The molecule has 0 saturated carbocycles. The third kappa shape index (κ3) is 5.90. The van der Waals surface area contributed by atoms with E-state index >= 15 is 0 Å². The Morgan fingerprint density at radius 2 is 1.86 bits per heavy atom. The fourth-order valence-electron chi connectivity index (χ4n) is 2.73. The summed E-state index contributed by atoms with van der Waals surface area (Å²) in [4.78, 5) is 18.7. The van der Waals surface area contributed by atoms with Crippen molar-refractivity contribution in [2.45, 2.75) is 13.5 Å². The number of ether oxygens (including phenoxy) is 1. The first-order valence-electron chi connectivity index (χ1n) is 9.24. The third-order valence-corrected chi connectivity index (χ3v) is 4.10. The Morgan fingerprint density at radius 3 is 2.57 bits per heavy atom. The highest BCUT2D eigenvalue weighted by Gasteiger charge is 2.11. The molecule has 0 spiro atoms. The topological polar surface area (TPSA) is 86.2 Å². The second kappa shape index (κ2) is 10.8. The van der Waals surface area contributed by atoms with Crippen LogP contribution in [0.3, 0.4) is 0 Å². The maximum Gasteiger partial charge on any atom is 0.255 e. The van der Waals surface area contributed by atoms with E-state index in [0.29, 0.717) is 19.6 Å². The average molecular weight is 384 g/mol. The minimum atomic E-state index is -0.319. The van der Waals surface area contributed by atoms with Gasteiger partial charge in [-0.05, 0) is 25.1 Å². The van der Waals surface area contributed by atoms with Crippen LogP contribution < -0.4 is 15.4 Å². The van der Waals surface area contributed by atoms with E-state index in [0.717, 1.165) is 23.8 Å². The minimum absolute atomic E-state index is 0.0339. The predicted octanol–water partition coefficient (Wildman–Crippen LogP) is 2.23. The van der Waals surface area contributed by atoms with Crippen molar-refractivity contribution in [1.29, 1.82) is 0 Å². The van der Waals surface area contributed by atoms with Crippen LogP contribution in [-0.2, 0) is 6.54 Å². The molecule has 0 heterocycles. The lowest BCUT2D eigenvalue weighted by atomic mass is 10.2. The summed E-state index contributed by atoms with van der Waals surface area (Å²) < 4.78 is 5.41. The fraction of sp³-hybridized carbons (Fsp3) is 0.333. The SMILES string of the molecule is CCNC(=NCCNC(=O)c1ccccc1O)N(C)Cc1ccccc1OC. The molecule has 7 nitrogen and oxygen atoms in total. The molecule has 0 radical (unpaired) electrons. The van der Waals surface area contributed by atoms with Crippen molar-refractivity contribution in [2.24, 2.45) is 4.99 Å². The van der Waals surface area contributed by atoms with Gasteiger partial charge in [-0.3, -0.25) is 9.79 Å². The van der Waals surface area contributed by atoms with Gasteiger partial charge in [-0.15, -0.1) is 0 Å². The summed E-state index contributed by atoms with van der Waals surface area (Å²) in [5.74, 6) is 1.22. The highest BCUT2D eigenvalue weighted by molar-refractivity contribution is 5.96. The van der Waals surface area contributed by atoms with Crippen molar-refractivity contribution in [2.75, 3.05) is 33.8 Å². The minimum Gasteiger partial charge on any atom is -0.507 e. The molecule has 2 aromatic rings. The van der Waals surface area contributed by atoms with Gasteiger partial charge >= 0.3 is 0 Å². The first-order chi connectivity index (χ1) is 13.6. The number of carbonyl (C=O) groups is 1. The molecule has 0 saturated heterocycles. The van der Waals surface area contributed by atoms with Crippen LogP contribution in [0.1, 0.15) is 22.8 Å². The molecular formula is C21H28N4O3. The molecule has 0 unspecified atom stereocenters. The molecule has 0 aliphatic rings. The zero-order valence-corrected chi connectivity index (χ0v) is 16.6. The van der Waals surface area contributed by atoms with Crippen molar-refractivity contribution in [3.8, 4) is 11.5 Å². The Morgan fingerprint density at radius 1 is 1.14 bits per heavy atom. The van der Waals surface area contributed by atoms with Crippen molar-refractivity contribution < 1.29 is 14.6 Å². The molecule has 150 valence electrons. The summed E-state index contributed by atoms with van der Waals surface area (Å²) in [5.41, 5.74) is 1.32. The fourth-order valence-corrected chi connectivity index (χ4v) is 2.73. The lowest BCUT2D eigenvalue weighted by Gasteiger charge is -2.23. The van der Waals surface area contributed by atoms with Crippen LogP contribution >= 0.6 is 0 Å². The second-order valence-corrected chi connectivity index (χ2v) is 6.18. The van der Waals surface area contributed by atoms with E-state index < -0.39 is 0 Å². The zero-order valence-electron chi connectivity index (χ0n) is 16.6. The van der Waals surface area contributed by atoms with Crippen LogP contribution in [0.5, 0.6) is 11.5 Å². The van der Waals surface area contributed by atoms with Gasteiger partial charge in [-0.25, -0.2) is 0 Å². The monoisotopic (exact) mass is 384 g/mol. The maximum atomic E-state index is 12.1. The van der Waals surface area contributed by atoms with Gasteiger partial charge in [0.1, 0.15) is 11.5 Å². The molecule has 3 N–H and O–H groups in total. The van der Waals surface area contributed by atoms with E-state index in [1.807, 2.05) is 43.1 Å². The Balaban J connectivity index is 1.94. The van der Waals surface area contributed by atoms with Crippen LogP contribution in [-0.4, -0.2) is 55.7 Å². The van der Waals surface area contributed by atoms with Gasteiger partial charge < -0.3 is 25.4 Å². The number of phenolic OH excluding ortho intramolecular Hbond substituents is 1. The van der Waals surface area contributed by atoms with Gasteiger partial charge in [0.25, 0.3) is 5.91 Å². The van der Waals surface area contributed by atoms with E-state index in [-0.39, 0.29) is 17.2 Å². The van der Waals surface area contributed by atoms with Crippen LogP contribution in [0.4, 0.5) is 0 Å². The first kappa shape index (κ1) is 21.1. The number of phenols is 1. The number of rotatable bonds is 8. The number of para-hydroxylation sites is 2. The molecule has 28 heavy (non-hydrogen) atoms. The van der Waals surface area contributed by atoms with E-state index in [1.54, 1.807) is 25.3 Å². The van der Waals surface area contributed by atoms with Crippen molar-refractivity contribution in [3.05, 3.63) is 59.7 Å². The molecule has 0 aliphatic heterocycles. The third-order valence-electron chi connectivity index (χ3n) is 4.10. The molecule has 0 atom stereocenters.